The molecule has 0 atom stereocenters. The van der Waals surface area contributed by atoms with Crippen molar-refractivity contribution >= 4 is 19.4 Å². The second kappa shape index (κ2) is 7.03. The van der Waals surface area contributed by atoms with E-state index >= 15 is 0 Å². The molecule has 0 aromatic heterocycles. The molecule has 0 amide bonds. The molecule has 1 aromatic rings. The number of methoxy groups -OCH3 is 2. The summed E-state index contributed by atoms with van der Waals surface area (Å²) in [5.41, 5.74) is 6.33. The number of rotatable bonds is 6. The van der Waals surface area contributed by atoms with Crippen molar-refractivity contribution in [3.05, 3.63) is 17.7 Å². The van der Waals surface area contributed by atoms with Crippen molar-refractivity contribution in [3.63, 3.8) is 0 Å². The van der Waals surface area contributed by atoms with Crippen molar-refractivity contribution in [2.24, 2.45) is 5.73 Å². The monoisotopic (exact) mass is 343 g/mol. The summed E-state index contributed by atoms with van der Waals surface area (Å²) in [6, 6.07) is 3.33. The van der Waals surface area contributed by atoms with E-state index in [0.717, 1.165) is 5.56 Å². The van der Waals surface area contributed by atoms with Crippen LogP contribution in [-0.2, 0) is 6.42 Å². The van der Waals surface area contributed by atoms with Crippen molar-refractivity contribution in [1.82, 2.24) is 0 Å². The third-order valence-electron chi connectivity index (χ3n) is 2.37. The Morgan fingerprint density at radius 2 is 1.79 bits per heavy atom. The van der Waals surface area contributed by atoms with E-state index in [4.69, 9.17) is 15.2 Å². The van der Waals surface area contributed by atoms with Crippen LogP contribution < -0.4 is 19.7 Å². The molecule has 0 radical (unpaired) electrons. The molecule has 2 N–H and O–H groups in total. The summed E-state index contributed by atoms with van der Waals surface area (Å²) < 4.78 is 47.7. The molecule has 0 bridgehead atoms. The van der Waals surface area contributed by atoms with Crippen LogP contribution in [0.4, 0.5) is 13.2 Å². The third kappa shape index (κ3) is 4.93. The molecule has 0 saturated heterocycles. The van der Waals surface area contributed by atoms with Crippen LogP contribution in [-0.4, -0.2) is 41.9 Å². The van der Waals surface area contributed by atoms with Gasteiger partial charge in [-0.05, 0) is 0 Å². The Kier molecular flexibility index (Phi) is 5.97. The van der Waals surface area contributed by atoms with E-state index in [1.54, 1.807) is 12.1 Å². The fourth-order valence-electron chi connectivity index (χ4n) is 1.56. The third-order valence-corrected chi connectivity index (χ3v) is 4.68. The first-order chi connectivity index (χ1) is 8.91. The normalized spacial score (nSPS) is 11.5. The first-order valence-electron chi connectivity index (χ1n) is 5.55. The van der Waals surface area contributed by atoms with E-state index in [0.29, 0.717) is 28.9 Å². The topological polar surface area (TPSA) is 44.5 Å². The van der Waals surface area contributed by atoms with Gasteiger partial charge in [0.1, 0.15) is 0 Å². The summed E-state index contributed by atoms with van der Waals surface area (Å²) in [7, 11) is 2.93. The number of nitrogens with two attached hydrogens (primary N) is 1. The Bertz CT molecular complexity index is 424. The van der Waals surface area contributed by atoms with Gasteiger partial charge in [-0.15, -0.1) is 0 Å². The molecule has 108 valence electrons. The average molecular weight is 342 g/mol. The molecule has 0 saturated carbocycles. The molecular weight excluding hydrogens is 326 g/mol. The first kappa shape index (κ1) is 16.1. The van der Waals surface area contributed by atoms with E-state index in [2.05, 4.69) is 0 Å². The quantitative estimate of drug-likeness (QED) is 0.798. The number of hydrogen-bond donors (Lipinski definition) is 1. The van der Waals surface area contributed by atoms with Crippen molar-refractivity contribution < 1.29 is 22.6 Å². The molecule has 0 spiro atoms. The van der Waals surface area contributed by atoms with E-state index in [1.165, 1.54) is 14.2 Å². The number of halogens is 3. The first-order valence-corrected chi connectivity index (χ1v) is 7.62. The van der Waals surface area contributed by atoms with Crippen molar-refractivity contribution in [3.8, 4) is 11.5 Å². The van der Waals surface area contributed by atoms with Gasteiger partial charge in [-0.3, -0.25) is 0 Å². The van der Waals surface area contributed by atoms with Crippen LogP contribution in [0, 0.1) is 0 Å². The van der Waals surface area contributed by atoms with Gasteiger partial charge in [0.15, 0.2) is 0 Å². The molecule has 1 rings (SSSR count). The maximum absolute atomic E-state index is 12.3. The molecule has 0 heterocycles. The zero-order valence-corrected chi connectivity index (χ0v) is 12.4. The zero-order valence-electron chi connectivity index (χ0n) is 10.7. The van der Waals surface area contributed by atoms with Crippen molar-refractivity contribution in [2.45, 2.75) is 17.9 Å². The molecule has 0 aliphatic carbocycles. The molecule has 7 heteroatoms. The van der Waals surface area contributed by atoms with Gasteiger partial charge in [-0.2, -0.15) is 0 Å². The van der Waals surface area contributed by atoms with E-state index < -0.39 is 26.5 Å². The minimum absolute atomic E-state index is 0.437. The van der Waals surface area contributed by atoms with Gasteiger partial charge in [0.25, 0.3) is 0 Å². The van der Waals surface area contributed by atoms with Crippen LogP contribution in [0.2, 0.25) is 5.32 Å². The van der Waals surface area contributed by atoms with Crippen LogP contribution >= 0.6 is 0 Å². The number of benzene rings is 1. The number of hydrogen-bond acceptors (Lipinski definition) is 3. The standard InChI is InChI=1S/C12H16F3NO2Se/c1-17-9-6-11(19-7-12(13,14)15)10(18-2)5-8(9)3-4-16/h5-6H,3-4,7,16H2,1-2H3. The zero-order chi connectivity index (χ0) is 14.5. The second-order valence-corrected chi connectivity index (χ2v) is 5.89. The summed E-state index contributed by atoms with van der Waals surface area (Å²) in [4.78, 5) is 0. The maximum atomic E-state index is 12.3. The van der Waals surface area contributed by atoms with E-state index in [9.17, 15) is 13.2 Å². The Hall–Kier alpha value is -0.911. The SMILES string of the molecule is COc1cc([Se]CC(F)(F)F)c(OC)cc1CCN. The summed E-state index contributed by atoms with van der Waals surface area (Å²) >= 11 is -0.738. The van der Waals surface area contributed by atoms with Crippen LogP contribution in [0.3, 0.4) is 0 Å². The van der Waals surface area contributed by atoms with Gasteiger partial charge >= 0.3 is 116 Å². The predicted octanol–water partition coefficient (Wildman–Crippen LogP) is 1.52. The summed E-state index contributed by atoms with van der Waals surface area (Å²) in [6.45, 7) is 0.437. The van der Waals surface area contributed by atoms with Crippen LogP contribution in [0.5, 0.6) is 11.5 Å². The fourth-order valence-corrected chi connectivity index (χ4v) is 3.22. The Balaban J connectivity index is 3.02. The molecule has 0 aliphatic heterocycles. The van der Waals surface area contributed by atoms with Gasteiger partial charge in [0.2, 0.25) is 0 Å². The molecular formula is C12H16F3NO2Se. The Labute approximate surface area is 116 Å². The van der Waals surface area contributed by atoms with Gasteiger partial charge in [0, 0.05) is 0 Å². The fraction of sp³-hybridized carbons (Fsp3) is 0.500. The predicted molar refractivity (Wildman–Crippen MR) is 68.6 cm³/mol. The molecule has 0 unspecified atom stereocenters. The van der Waals surface area contributed by atoms with Crippen LogP contribution in [0.1, 0.15) is 5.56 Å². The molecule has 19 heavy (non-hydrogen) atoms. The molecule has 3 nitrogen and oxygen atoms in total. The van der Waals surface area contributed by atoms with Crippen LogP contribution in [0.15, 0.2) is 12.1 Å². The van der Waals surface area contributed by atoms with Gasteiger partial charge in [0.05, 0.1) is 0 Å². The molecule has 0 fully saturated rings. The summed E-state index contributed by atoms with van der Waals surface area (Å²) in [6.07, 6.45) is -3.57. The molecule has 0 aliphatic rings. The second-order valence-electron chi connectivity index (χ2n) is 3.76. The average Bonchev–Trinajstić information content (AvgIpc) is 2.36. The van der Waals surface area contributed by atoms with Gasteiger partial charge in [-0.1, -0.05) is 0 Å². The molecule has 1 aromatic carbocycles. The van der Waals surface area contributed by atoms with Gasteiger partial charge < -0.3 is 0 Å². The van der Waals surface area contributed by atoms with Gasteiger partial charge in [-0.25, -0.2) is 0 Å². The summed E-state index contributed by atoms with van der Waals surface area (Å²) in [5, 5.41) is -0.824. The minimum atomic E-state index is -4.16. The Morgan fingerprint density at radius 1 is 1.16 bits per heavy atom. The Morgan fingerprint density at radius 3 is 2.26 bits per heavy atom. The summed E-state index contributed by atoms with van der Waals surface area (Å²) in [5.74, 6) is 1.03. The van der Waals surface area contributed by atoms with Crippen molar-refractivity contribution in [1.29, 1.82) is 0 Å². The van der Waals surface area contributed by atoms with E-state index in [1.807, 2.05) is 0 Å². The number of ether oxygens (including phenoxy) is 2. The van der Waals surface area contributed by atoms with E-state index in [-0.39, 0.29) is 0 Å². The van der Waals surface area contributed by atoms with Crippen molar-refractivity contribution in [2.75, 3.05) is 20.8 Å². The number of alkyl halides is 3. The van der Waals surface area contributed by atoms with Crippen LogP contribution in [0.25, 0.3) is 0 Å².